The van der Waals surface area contributed by atoms with E-state index in [1.54, 1.807) is 12.1 Å². The molecule has 0 unspecified atom stereocenters. The number of carbonyl (C=O) groups is 2. The van der Waals surface area contributed by atoms with Gasteiger partial charge in [-0.3, -0.25) is 4.79 Å². The zero-order valence-electron chi connectivity index (χ0n) is 11.6. The number of ketones is 1. The first-order chi connectivity index (χ1) is 10.2. The Hall–Kier alpha value is -2.86. The standard InChI is InChI=1S/C18H14O3/c1-21-18(20)12-11-17(19)16-10-6-5-9-15(16)13-14-7-3-2-4-8-14/h2-10H,13H2,1H3. The second kappa shape index (κ2) is 7.06. The molecule has 0 amide bonds. The van der Waals surface area contributed by atoms with Crippen LogP contribution >= 0.6 is 0 Å². The Bertz CT molecular complexity index is 706. The molecular weight excluding hydrogens is 264 g/mol. The van der Waals surface area contributed by atoms with E-state index in [1.807, 2.05) is 42.5 Å². The molecule has 0 fully saturated rings. The number of Topliss-reactive ketones (excluding diaryl/α,β-unsaturated/α-hetero) is 1. The first kappa shape index (κ1) is 14.5. The monoisotopic (exact) mass is 278 g/mol. The highest BCUT2D eigenvalue weighted by Gasteiger charge is 2.09. The Morgan fingerprint density at radius 2 is 1.62 bits per heavy atom. The van der Waals surface area contributed by atoms with Crippen molar-refractivity contribution in [1.29, 1.82) is 0 Å². The number of esters is 1. The van der Waals surface area contributed by atoms with Crippen LogP contribution in [0.25, 0.3) is 0 Å². The molecule has 0 spiro atoms. The lowest BCUT2D eigenvalue weighted by Gasteiger charge is -2.06. The second-order valence-electron chi connectivity index (χ2n) is 4.39. The van der Waals surface area contributed by atoms with E-state index in [0.717, 1.165) is 11.1 Å². The summed E-state index contributed by atoms with van der Waals surface area (Å²) < 4.78 is 4.40. The van der Waals surface area contributed by atoms with Crippen molar-refractivity contribution in [3.8, 4) is 11.8 Å². The Morgan fingerprint density at radius 1 is 0.952 bits per heavy atom. The van der Waals surface area contributed by atoms with Crippen LogP contribution < -0.4 is 0 Å². The van der Waals surface area contributed by atoms with E-state index in [4.69, 9.17) is 0 Å². The Labute approximate surface area is 123 Å². The summed E-state index contributed by atoms with van der Waals surface area (Å²) in [6, 6.07) is 17.1. The number of hydrogen-bond acceptors (Lipinski definition) is 3. The van der Waals surface area contributed by atoms with Gasteiger partial charge in [-0.25, -0.2) is 4.79 Å². The molecule has 2 aromatic rings. The topological polar surface area (TPSA) is 43.4 Å². The second-order valence-corrected chi connectivity index (χ2v) is 4.39. The first-order valence-electron chi connectivity index (χ1n) is 6.47. The summed E-state index contributed by atoms with van der Waals surface area (Å²) in [5, 5.41) is 0. The smallest absolute Gasteiger partial charge is 0.384 e. The molecule has 0 aliphatic carbocycles. The summed E-state index contributed by atoms with van der Waals surface area (Å²) in [6.45, 7) is 0. The third kappa shape index (κ3) is 4.05. The zero-order chi connectivity index (χ0) is 15.1. The van der Waals surface area contributed by atoms with E-state index in [1.165, 1.54) is 7.11 Å². The zero-order valence-corrected chi connectivity index (χ0v) is 11.6. The fourth-order valence-electron chi connectivity index (χ4n) is 1.94. The average Bonchev–Trinajstić information content (AvgIpc) is 2.53. The van der Waals surface area contributed by atoms with Gasteiger partial charge in [-0.2, -0.15) is 0 Å². The molecule has 2 aromatic carbocycles. The highest BCUT2D eigenvalue weighted by Crippen LogP contribution is 2.14. The van der Waals surface area contributed by atoms with E-state index >= 15 is 0 Å². The summed E-state index contributed by atoms with van der Waals surface area (Å²) in [4.78, 5) is 23.1. The number of carbonyl (C=O) groups excluding carboxylic acids is 2. The van der Waals surface area contributed by atoms with Crippen molar-refractivity contribution >= 4 is 11.8 Å². The van der Waals surface area contributed by atoms with E-state index in [0.29, 0.717) is 12.0 Å². The quantitative estimate of drug-likeness (QED) is 0.285. The van der Waals surface area contributed by atoms with Crippen molar-refractivity contribution in [2.75, 3.05) is 7.11 Å². The number of benzene rings is 2. The molecular formula is C18H14O3. The van der Waals surface area contributed by atoms with Gasteiger partial charge in [-0.15, -0.1) is 0 Å². The van der Waals surface area contributed by atoms with Gasteiger partial charge in [0, 0.05) is 11.5 Å². The minimum atomic E-state index is -0.719. The number of rotatable bonds is 3. The maximum atomic E-state index is 12.1. The van der Waals surface area contributed by atoms with Crippen LogP contribution in [0.2, 0.25) is 0 Å². The van der Waals surface area contributed by atoms with E-state index in [2.05, 4.69) is 16.6 Å². The lowest BCUT2D eigenvalue weighted by molar-refractivity contribution is -0.133. The molecule has 0 aliphatic rings. The van der Waals surface area contributed by atoms with E-state index < -0.39 is 5.97 Å². The third-order valence-corrected chi connectivity index (χ3v) is 2.96. The van der Waals surface area contributed by atoms with Crippen molar-refractivity contribution in [3.05, 3.63) is 71.3 Å². The number of methoxy groups -OCH3 is 1. The van der Waals surface area contributed by atoms with Gasteiger partial charge in [-0.1, -0.05) is 54.6 Å². The maximum absolute atomic E-state index is 12.1. The minimum Gasteiger partial charge on any atom is -0.459 e. The van der Waals surface area contributed by atoms with Gasteiger partial charge in [0.2, 0.25) is 5.78 Å². The fraction of sp³-hybridized carbons (Fsp3) is 0.111. The van der Waals surface area contributed by atoms with Crippen LogP contribution in [-0.2, 0) is 16.0 Å². The average molecular weight is 278 g/mol. The normalized spacial score (nSPS) is 9.38. The van der Waals surface area contributed by atoms with E-state index in [-0.39, 0.29) is 5.78 Å². The van der Waals surface area contributed by atoms with Gasteiger partial charge in [0.15, 0.2) is 0 Å². The molecule has 3 heteroatoms. The molecule has 0 aliphatic heterocycles. The summed E-state index contributed by atoms with van der Waals surface area (Å²) in [6.07, 6.45) is 0.642. The third-order valence-electron chi connectivity index (χ3n) is 2.96. The first-order valence-corrected chi connectivity index (χ1v) is 6.47. The van der Waals surface area contributed by atoms with Gasteiger partial charge in [0.25, 0.3) is 0 Å². The van der Waals surface area contributed by atoms with Crippen LogP contribution in [0.5, 0.6) is 0 Å². The van der Waals surface area contributed by atoms with Gasteiger partial charge >= 0.3 is 5.97 Å². The van der Waals surface area contributed by atoms with Crippen molar-refractivity contribution in [2.24, 2.45) is 0 Å². The molecule has 0 bridgehead atoms. The maximum Gasteiger partial charge on any atom is 0.384 e. The molecule has 3 nitrogen and oxygen atoms in total. The Balaban J connectivity index is 2.26. The van der Waals surface area contributed by atoms with Crippen LogP contribution in [0.3, 0.4) is 0 Å². The molecule has 0 N–H and O–H groups in total. The van der Waals surface area contributed by atoms with Crippen LogP contribution in [0, 0.1) is 11.8 Å². The number of hydrogen-bond donors (Lipinski definition) is 0. The van der Waals surface area contributed by atoms with Gasteiger partial charge in [-0.05, 0) is 23.5 Å². The summed E-state index contributed by atoms with van der Waals surface area (Å²) >= 11 is 0. The summed E-state index contributed by atoms with van der Waals surface area (Å²) in [5.41, 5.74) is 2.50. The molecule has 0 heterocycles. The number of ether oxygens (including phenoxy) is 1. The Kier molecular flexibility index (Phi) is 4.89. The molecule has 0 saturated carbocycles. The van der Waals surface area contributed by atoms with Crippen molar-refractivity contribution < 1.29 is 14.3 Å². The molecule has 104 valence electrons. The van der Waals surface area contributed by atoms with Crippen molar-refractivity contribution in [2.45, 2.75) is 6.42 Å². The largest absolute Gasteiger partial charge is 0.459 e. The predicted molar refractivity (Wildman–Crippen MR) is 79.8 cm³/mol. The van der Waals surface area contributed by atoms with Gasteiger partial charge in [0.1, 0.15) is 0 Å². The van der Waals surface area contributed by atoms with Crippen LogP contribution in [0.4, 0.5) is 0 Å². The summed E-state index contributed by atoms with van der Waals surface area (Å²) in [7, 11) is 1.23. The van der Waals surface area contributed by atoms with Crippen LogP contribution in [0.15, 0.2) is 54.6 Å². The highest BCUT2D eigenvalue weighted by molar-refractivity contribution is 6.12. The van der Waals surface area contributed by atoms with Crippen LogP contribution in [-0.4, -0.2) is 18.9 Å². The minimum absolute atomic E-state index is 0.382. The van der Waals surface area contributed by atoms with Gasteiger partial charge in [0.05, 0.1) is 7.11 Å². The molecule has 21 heavy (non-hydrogen) atoms. The molecule has 0 atom stereocenters. The molecule has 0 aromatic heterocycles. The molecule has 0 saturated heterocycles. The van der Waals surface area contributed by atoms with E-state index in [9.17, 15) is 9.59 Å². The van der Waals surface area contributed by atoms with Crippen molar-refractivity contribution in [3.63, 3.8) is 0 Å². The van der Waals surface area contributed by atoms with Crippen molar-refractivity contribution in [1.82, 2.24) is 0 Å². The molecule has 2 rings (SSSR count). The lowest BCUT2D eigenvalue weighted by Crippen LogP contribution is -2.03. The molecule has 0 radical (unpaired) electrons. The SMILES string of the molecule is COC(=O)C#CC(=O)c1ccccc1Cc1ccccc1. The highest BCUT2D eigenvalue weighted by atomic mass is 16.5. The fourth-order valence-corrected chi connectivity index (χ4v) is 1.94. The summed E-state index contributed by atoms with van der Waals surface area (Å²) in [5.74, 6) is 3.37. The lowest BCUT2D eigenvalue weighted by atomic mass is 9.97. The van der Waals surface area contributed by atoms with Crippen LogP contribution in [0.1, 0.15) is 21.5 Å². The Morgan fingerprint density at radius 3 is 2.33 bits per heavy atom. The van der Waals surface area contributed by atoms with Gasteiger partial charge < -0.3 is 4.74 Å². The predicted octanol–water partition coefficient (Wildman–Crippen LogP) is 2.64.